The molecule has 9 nitrogen and oxygen atoms in total. The fraction of sp³-hybridized carbons (Fsp3) is 0.500. The number of aliphatic hydroxyl groups excluding tert-OH is 1. The molecule has 0 aliphatic rings. The zero-order chi connectivity index (χ0) is 46.5. The number of amides is 3. The first kappa shape index (κ1) is 77.5. The van der Waals surface area contributed by atoms with Crippen molar-refractivity contribution >= 4 is 610 Å². The first-order valence-corrected chi connectivity index (χ1v) is 41.2. The van der Waals surface area contributed by atoms with Gasteiger partial charge in [-0.25, -0.2) is 0 Å². The molecule has 3 radical (unpaired) electrons. The molecule has 0 aliphatic heterocycles. The largest absolute Gasteiger partial charge is 0.466 e. The average molecular weight is 3040 g/mol. The van der Waals surface area contributed by atoms with Gasteiger partial charge in [0.05, 0.1) is 14.1 Å². The van der Waals surface area contributed by atoms with Crippen LogP contribution in [0.2, 0.25) is 0 Å². The monoisotopic (exact) mass is 3050 g/mol. The van der Waals surface area contributed by atoms with E-state index in [0.717, 1.165) is 0 Å². The second-order valence-electron chi connectivity index (χ2n) is 12.4. The Hall–Kier alpha value is 15.4. The molecular weight excluding hydrogens is 3030 g/mol. The van der Waals surface area contributed by atoms with Gasteiger partial charge in [0.1, 0.15) is 6.61 Å². The molecule has 0 aromatic heterocycles. The van der Waals surface area contributed by atoms with Gasteiger partial charge in [-0.15, -0.1) is 134 Å². The topological polar surface area (TPSA) is 139 Å². The summed E-state index contributed by atoms with van der Waals surface area (Å²) < 4.78 is 2.16. The summed E-state index contributed by atoms with van der Waals surface area (Å²) in [6, 6.07) is 0. The smallest absolute Gasteiger partial charge is 0.284 e. The maximum absolute atomic E-state index is 13.6. The fourth-order valence-corrected chi connectivity index (χ4v) is 29.5. The third kappa shape index (κ3) is 27.9. The second-order valence-corrected chi connectivity index (χ2v) is 45.2. The Bertz CT molecular complexity index is 1220. The number of halogens is 20. The van der Waals surface area contributed by atoms with Crippen molar-refractivity contribution in [3.8, 4) is 0 Å². The molecule has 0 aromatic rings. The van der Waals surface area contributed by atoms with E-state index in [1.807, 2.05) is 4.72 Å². The Labute approximate surface area is 656 Å². The van der Waals surface area contributed by atoms with Gasteiger partial charge in [-0.2, -0.15) is 313 Å². The maximum atomic E-state index is 13.6. The van der Waals surface area contributed by atoms with Crippen LogP contribution in [-0.2, 0) is 14.4 Å². The van der Waals surface area contributed by atoms with Crippen LogP contribution in [0.3, 0.4) is 0 Å². The minimum absolute atomic E-state index is 0. The van der Waals surface area contributed by atoms with Gasteiger partial charge >= 0.3 is 0 Å². The third-order valence-corrected chi connectivity index (χ3v) is 50.2. The molecule has 0 heterocycles. The van der Waals surface area contributed by atoms with Gasteiger partial charge in [-0.3, -0.25) is 14.4 Å². The van der Waals surface area contributed by atoms with Gasteiger partial charge in [-0.05, 0) is 0 Å². The van der Waals surface area contributed by atoms with Crippen molar-refractivity contribution in [2.75, 3.05) is 6.61 Å². The second kappa shape index (κ2) is 41.4. The van der Waals surface area contributed by atoms with E-state index in [1.165, 1.54) is 13.8 Å². The number of hydrogen-bond donors (Lipinski definition) is 5. The molecular formula is C6H13B24I20N3NaO6. The molecule has 0 rings (SSSR count). The van der Waals surface area contributed by atoms with E-state index >= 15 is 0 Å². The van der Waals surface area contributed by atoms with Crippen molar-refractivity contribution in [3.63, 3.8) is 0 Å². The molecule has 0 fully saturated rings. The van der Waals surface area contributed by atoms with E-state index in [0.29, 0.717) is 0 Å². The van der Waals surface area contributed by atoms with E-state index in [1.54, 1.807) is 0 Å². The number of carbonyl (C=O) groups is 3. The molecule has 0 aromatic carbocycles. The third-order valence-electron chi connectivity index (χ3n) is 7.96. The Kier molecular flexibility index (Phi) is 53.5. The predicted octanol–water partition coefficient (Wildman–Crippen LogP) is 4.99. The van der Waals surface area contributed by atoms with Crippen LogP contribution in [0, 0.1) is 0 Å². The summed E-state index contributed by atoms with van der Waals surface area (Å²) in [5.41, 5.74) is 0. The van der Waals surface area contributed by atoms with Crippen LogP contribution >= 0.6 is 447 Å². The van der Waals surface area contributed by atoms with Gasteiger partial charge in [0.2, 0.25) is 44.5 Å². The summed E-state index contributed by atoms with van der Waals surface area (Å²) in [6.45, 7) is 0.868. The number of nitrogens with one attached hydrogen (secondary N) is 2. The van der Waals surface area contributed by atoms with E-state index in [-0.39, 0.29) is 135 Å². The summed E-state index contributed by atoms with van der Waals surface area (Å²) >= 11 is 48.1. The molecule has 0 spiro atoms. The van der Waals surface area contributed by atoms with Gasteiger partial charge in [0.15, 0.2) is 65.5 Å². The SMILES string of the molecule is CC(=O)NB([B]B(I)I)B(I)B(I)B(O)B(I)B(I)B(I)B(I)B(I)B(I)N(B(I)B(I)B(I)B(I)B(I)B(I)B(O)B(I)B(I)B([B]B(I)I)NC(C)=O)C(=O)CO.[Na]. The van der Waals surface area contributed by atoms with Gasteiger partial charge in [0, 0.05) is 43.4 Å². The van der Waals surface area contributed by atoms with Crippen molar-refractivity contribution in [1.29, 1.82) is 0 Å². The van der Waals surface area contributed by atoms with E-state index in [9.17, 15) is 29.5 Å². The van der Waals surface area contributed by atoms with Crippen LogP contribution in [-0.4, -0.2) is 189 Å². The number of aliphatic hydroxyl groups is 1. The molecule has 54 heteroatoms. The molecule has 3 amide bonds. The molecule has 60 heavy (non-hydrogen) atoms. The predicted molar refractivity (Wildman–Crippen MR) is 470 cm³/mol. The zero-order valence-electron chi connectivity index (χ0n) is 30.6. The van der Waals surface area contributed by atoms with Crippen molar-refractivity contribution in [3.05, 3.63) is 0 Å². The van der Waals surface area contributed by atoms with Gasteiger partial charge in [0.25, 0.3) is 9.19 Å². The Morgan fingerprint density at radius 1 is 0.450 bits per heavy atom. The number of rotatable bonds is 27. The summed E-state index contributed by atoms with van der Waals surface area (Å²) in [7, 11) is 4.22. The quantitative estimate of drug-likeness (QED) is 0.0581. The van der Waals surface area contributed by atoms with E-state index in [4.69, 9.17) is 0 Å². The van der Waals surface area contributed by atoms with Crippen LogP contribution in [0.1, 0.15) is 13.8 Å². The normalized spacial score (nSPS) is 9.88. The Balaban J connectivity index is 0. The molecule has 0 unspecified atom stereocenters. The molecule has 0 atom stereocenters. The molecule has 0 saturated carbocycles. The standard InChI is InChI=1S/C6H13B24I20N3O6.Na/c1-4(55)51-9(7-11(31)32)13(35)21(43)27(58)23(45)17(39)15(37)19(41)25(47)29(49)53(6(57)3-54)30(50)26(48)20(42)16(38)18(40)24(46)28(59)22(44)14(36)10(8-12(33)34)52-5(2)56;/h54,58-59H,3H2,1-2H3,(H,51,55)(H,52,56);. The van der Waals surface area contributed by atoms with Crippen molar-refractivity contribution < 1.29 is 29.5 Å². The Morgan fingerprint density at radius 3 is 0.917 bits per heavy atom. The first-order chi connectivity index (χ1) is 27.0. The number of hydrogen-bond acceptors (Lipinski definition) is 6. The van der Waals surface area contributed by atoms with Crippen molar-refractivity contribution in [1.82, 2.24) is 15.2 Å². The first-order valence-electron chi connectivity index (χ1n) is 16.3. The van der Waals surface area contributed by atoms with Crippen molar-refractivity contribution in [2.45, 2.75) is 13.8 Å². The minimum Gasteiger partial charge on any atom is -0.466 e. The summed E-state index contributed by atoms with van der Waals surface area (Å²) in [6.07, 6.45) is 0. The van der Waals surface area contributed by atoms with Crippen LogP contribution < -0.4 is 10.5 Å². The van der Waals surface area contributed by atoms with Gasteiger partial charge < -0.3 is 30.3 Å². The average Bonchev–Trinajstić information content (AvgIpc) is 3.17. The molecule has 301 valence electrons. The minimum atomic E-state index is -0.623. The van der Waals surface area contributed by atoms with Crippen LogP contribution in [0.25, 0.3) is 0 Å². The molecule has 0 saturated heterocycles. The number of carbonyl (C=O) groups excluding carboxylic acids is 3. The van der Waals surface area contributed by atoms with Crippen molar-refractivity contribution in [2.24, 2.45) is 0 Å². The molecule has 5 N–H and O–H groups in total. The fourth-order valence-electron chi connectivity index (χ4n) is 4.91. The van der Waals surface area contributed by atoms with Crippen LogP contribution in [0.15, 0.2) is 0 Å². The summed E-state index contributed by atoms with van der Waals surface area (Å²) in [5, 5.41) is 39.8. The number of nitrogens with zero attached hydrogens (tertiary/aromatic N) is 1. The van der Waals surface area contributed by atoms with E-state index in [2.05, 4.69) is 472 Å². The Morgan fingerprint density at radius 2 is 0.683 bits per heavy atom. The van der Waals surface area contributed by atoms with Crippen LogP contribution in [0.4, 0.5) is 0 Å². The molecule has 0 bridgehead atoms. The molecule has 0 aliphatic carbocycles. The van der Waals surface area contributed by atoms with E-state index < -0.39 is 20.0 Å². The summed E-state index contributed by atoms with van der Waals surface area (Å²) in [4.78, 5) is 37.7. The zero-order valence-corrected chi connectivity index (χ0v) is 75.8. The van der Waals surface area contributed by atoms with Crippen LogP contribution in [0.5, 0.6) is 0 Å². The summed E-state index contributed by atoms with van der Waals surface area (Å²) in [5.74, 6) is -0.502. The maximum Gasteiger partial charge on any atom is 0.284 e. The van der Waals surface area contributed by atoms with Gasteiger partial charge in [-0.1, -0.05) is 0 Å².